The lowest BCUT2D eigenvalue weighted by Gasteiger charge is -2.36. The van der Waals surface area contributed by atoms with Gasteiger partial charge in [0, 0.05) is 6.42 Å². The Morgan fingerprint density at radius 2 is 1.78 bits per heavy atom. The highest BCUT2D eigenvalue weighted by atomic mass is 16.1. The Labute approximate surface area is 108 Å². The molecule has 0 aliphatic heterocycles. The first-order valence-corrected chi connectivity index (χ1v) is 6.95. The van der Waals surface area contributed by atoms with Crippen LogP contribution in [0.4, 0.5) is 0 Å². The number of nitriles is 2. The van der Waals surface area contributed by atoms with Crippen molar-refractivity contribution in [2.45, 2.75) is 45.4 Å². The second kappa shape index (κ2) is 3.58. The Kier molecular flexibility index (Phi) is 2.33. The second-order valence-electron chi connectivity index (χ2n) is 6.50. The van der Waals surface area contributed by atoms with E-state index in [1.807, 2.05) is 0 Å². The summed E-state index contributed by atoms with van der Waals surface area (Å²) < 4.78 is 0. The van der Waals surface area contributed by atoms with Gasteiger partial charge >= 0.3 is 0 Å². The quantitative estimate of drug-likeness (QED) is 0.656. The van der Waals surface area contributed by atoms with Crippen LogP contribution in [0.5, 0.6) is 0 Å². The maximum atomic E-state index is 12.2. The number of hydrogen-bond donors (Lipinski definition) is 0. The lowest BCUT2D eigenvalue weighted by atomic mass is 9.67. The summed E-state index contributed by atoms with van der Waals surface area (Å²) in [5.41, 5.74) is -1.12. The fourth-order valence-corrected chi connectivity index (χ4v) is 5.22. The number of carbonyl (C=O) groups is 1. The molecule has 0 aromatic heterocycles. The van der Waals surface area contributed by atoms with Crippen molar-refractivity contribution < 1.29 is 4.79 Å². The van der Waals surface area contributed by atoms with Gasteiger partial charge in [-0.2, -0.15) is 10.5 Å². The Balaban J connectivity index is 2.17. The lowest BCUT2D eigenvalue weighted by molar-refractivity contribution is -0.123. The molecule has 0 saturated heterocycles. The van der Waals surface area contributed by atoms with Gasteiger partial charge in [0.1, 0.15) is 5.78 Å². The number of rotatable bonds is 0. The highest BCUT2D eigenvalue weighted by molar-refractivity contribution is 5.87. The van der Waals surface area contributed by atoms with Crippen LogP contribution in [0.1, 0.15) is 45.4 Å². The van der Waals surface area contributed by atoms with E-state index < -0.39 is 5.41 Å². The number of Topliss-reactive ketones (excluding diaryl/α,β-unsaturated/α-hetero) is 1. The van der Waals surface area contributed by atoms with E-state index in [2.05, 4.69) is 19.1 Å². The molecule has 0 bridgehead atoms. The van der Waals surface area contributed by atoms with Gasteiger partial charge in [-0.15, -0.1) is 0 Å². The molecule has 18 heavy (non-hydrogen) atoms. The van der Waals surface area contributed by atoms with Crippen LogP contribution in [0.2, 0.25) is 0 Å². The van der Waals surface area contributed by atoms with Crippen LogP contribution in [-0.4, -0.2) is 5.78 Å². The van der Waals surface area contributed by atoms with Gasteiger partial charge in [-0.05, 0) is 36.5 Å². The molecule has 3 aliphatic rings. The van der Waals surface area contributed by atoms with Gasteiger partial charge in [0.25, 0.3) is 0 Å². The maximum Gasteiger partial charge on any atom is 0.157 e. The number of hydrogen-bond acceptors (Lipinski definition) is 3. The Hall–Kier alpha value is -1.35. The zero-order valence-electron chi connectivity index (χ0n) is 10.8. The van der Waals surface area contributed by atoms with E-state index in [1.165, 1.54) is 6.42 Å². The molecule has 4 atom stereocenters. The van der Waals surface area contributed by atoms with E-state index in [-0.39, 0.29) is 23.0 Å². The van der Waals surface area contributed by atoms with E-state index in [0.29, 0.717) is 12.3 Å². The normalized spacial score (nSPS) is 44.8. The predicted octanol–water partition coefficient (Wildman–Crippen LogP) is 2.83. The number of ketones is 1. The SMILES string of the molecule is CC12CCC(=O)C1C(C#N)(C#N)C1CCCCC12. The zero-order valence-corrected chi connectivity index (χ0v) is 10.8. The largest absolute Gasteiger partial charge is 0.299 e. The van der Waals surface area contributed by atoms with Gasteiger partial charge in [0.05, 0.1) is 18.1 Å². The minimum atomic E-state index is -1.03. The molecule has 3 nitrogen and oxygen atoms in total. The summed E-state index contributed by atoms with van der Waals surface area (Å²) in [5, 5.41) is 19.2. The molecule has 94 valence electrons. The lowest BCUT2D eigenvalue weighted by Crippen LogP contribution is -2.35. The highest BCUT2D eigenvalue weighted by Crippen LogP contribution is 2.69. The van der Waals surface area contributed by atoms with E-state index in [0.717, 1.165) is 25.7 Å². The Morgan fingerprint density at radius 3 is 2.39 bits per heavy atom. The topological polar surface area (TPSA) is 64.7 Å². The minimum Gasteiger partial charge on any atom is -0.299 e. The van der Waals surface area contributed by atoms with E-state index in [9.17, 15) is 15.3 Å². The smallest absolute Gasteiger partial charge is 0.157 e. The van der Waals surface area contributed by atoms with Crippen LogP contribution in [0.3, 0.4) is 0 Å². The van der Waals surface area contributed by atoms with Crippen molar-refractivity contribution in [2.75, 3.05) is 0 Å². The van der Waals surface area contributed by atoms with Crippen molar-refractivity contribution in [1.29, 1.82) is 10.5 Å². The molecule has 3 aliphatic carbocycles. The van der Waals surface area contributed by atoms with E-state index >= 15 is 0 Å². The minimum absolute atomic E-state index is 0.0897. The molecule has 4 unspecified atom stereocenters. The second-order valence-corrected chi connectivity index (χ2v) is 6.50. The molecular weight excluding hydrogens is 224 g/mol. The van der Waals surface area contributed by atoms with E-state index in [1.54, 1.807) is 0 Å². The summed E-state index contributed by atoms with van der Waals surface area (Å²) in [4.78, 5) is 12.2. The molecule has 3 rings (SSSR count). The third-order valence-electron chi connectivity index (χ3n) is 5.91. The third kappa shape index (κ3) is 1.11. The average molecular weight is 242 g/mol. The van der Waals surface area contributed by atoms with Crippen LogP contribution < -0.4 is 0 Å². The molecule has 0 radical (unpaired) electrons. The van der Waals surface area contributed by atoms with Crippen LogP contribution in [-0.2, 0) is 4.79 Å². The van der Waals surface area contributed by atoms with Crippen molar-refractivity contribution in [3.8, 4) is 12.1 Å². The summed E-state index contributed by atoms with van der Waals surface area (Å²) in [6, 6.07) is 4.54. The molecule has 3 saturated carbocycles. The summed E-state index contributed by atoms with van der Waals surface area (Å²) in [7, 11) is 0. The Morgan fingerprint density at radius 1 is 1.17 bits per heavy atom. The fraction of sp³-hybridized carbons (Fsp3) is 0.800. The molecule has 0 heterocycles. The molecule has 0 spiro atoms. The first-order valence-electron chi connectivity index (χ1n) is 6.95. The van der Waals surface area contributed by atoms with E-state index in [4.69, 9.17) is 0 Å². The van der Waals surface area contributed by atoms with Crippen molar-refractivity contribution in [3.63, 3.8) is 0 Å². The van der Waals surface area contributed by atoms with Crippen LogP contribution in [0.15, 0.2) is 0 Å². The number of carbonyl (C=O) groups excluding carboxylic acids is 1. The summed E-state index contributed by atoms with van der Waals surface area (Å²) in [6.07, 6.45) is 5.77. The summed E-state index contributed by atoms with van der Waals surface area (Å²) in [5.74, 6) is 0.366. The fourth-order valence-electron chi connectivity index (χ4n) is 5.22. The number of fused-ring (bicyclic) bond motifs is 3. The standard InChI is InChI=1S/C15H18N2O/c1-14-7-6-12(18)13(14)15(8-16,9-17)11-5-3-2-4-10(11)14/h10-11,13H,2-7H2,1H3. The molecule has 3 fully saturated rings. The van der Waals surface area contributed by atoms with Crippen LogP contribution in [0.25, 0.3) is 0 Å². The van der Waals surface area contributed by atoms with Crippen molar-refractivity contribution in [1.82, 2.24) is 0 Å². The van der Waals surface area contributed by atoms with Crippen LogP contribution >= 0.6 is 0 Å². The third-order valence-corrected chi connectivity index (χ3v) is 5.91. The van der Waals surface area contributed by atoms with Gasteiger partial charge in [-0.3, -0.25) is 4.79 Å². The molecule has 0 N–H and O–H groups in total. The molecular formula is C15H18N2O. The first kappa shape index (κ1) is 11.7. The van der Waals surface area contributed by atoms with Gasteiger partial charge in [-0.1, -0.05) is 19.8 Å². The average Bonchev–Trinajstić information content (AvgIpc) is 2.82. The molecule has 3 heteroatoms. The monoisotopic (exact) mass is 242 g/mol. The first-order chi connectivity index (χ1) is 8.60. The van der Waals surface area contributed by atoms with Gasteiger partial charge in [0.15, 0.2) is 5.41 Å². The van der Waals surface area contributed by atoms with Crippen molar-refractivity contribution in [2.24, 2.45) is 28.6 Å². The highest BCUT2D eigenvalue weighted by Gasteiger charge is 2.70. The van der Waals surface area contributed by atoms with Crippen molar-refractivity contribution >= 4 is 5.78 Å². The van der Waals surface area contributed by atoms with Gasteiger partial charge in [-0.25, -0.2) is 0 Å². The van der Waals surface area contributed by atoms with Gasteiger partial charge in [0.2, 0.25) is 0 Å². The maximum absolute atomic E-state index is 12.2. The zero-order chi connectivity index (χ0) is 13.0. The predicted molar refractivity (Wildman–Crippen MR) is 64.9 cm³/mol. The number of nitrogens with zero attached hydrogens (tertiary/aromatic N) is 2. The molecule has 0 amide bonds. The summed E-state index contributed by atoms with van der Waals surface area (Å²) >= 11 is 0. The van der Waals surface area contributed by atoms with Crippen molar-refractivity contribution in [3.05, 3.63) is 0 Å². The van der Waals surface area contributed by atoms with Gasteiger partial charge < -0.3 is 0 Å². The Bertz CT molecular complexity index is 470. The van der Waals surface area contributed by atoms with Crippen LogP contribution in [0, 0.1) is 51.2 Å². The molecule has 0 aromatic rings. The molecule has 0 aromatic carbocycles. The summed E-state index contributed by atoms with van der Waals surface area (Å²) in [6.45, 7) is 2.15.